The van der Waals surface area contributed by atoms with Gasteiger partial charge in [0.2, 0.25) is 0 Å². The van der Waals surface area contributed by atoms with E-state index < -0.39 is 5.60 Å². The van der Waals surface area contributed by atoms with Gasteiger partial charge in [-0.25, -0.2) is 4.98 Å². The van der Waals surface area contributed by atoms with Crippen molar-refractivity contribution in [1.82, 2.24) is 20.2 Å². The molecule has 0 spiro atoms. The summed E-state index contributed by atoms with van der Waals surface area (Å²) >= 11 is 0. The average Bonchev–Trinajstić information content (AvgIpc) is 3.15. The van der Waals surface area contributed by atoms with Gasteiger partial charge in [0, 0.05) is 13.6 Å². The second-order valence-corrected chi connectivity index (χ2v) is 7.42. The van der Waals surface area contributed by atoms with E-state index in [9.17, 15) is 5.11 Å². The van der Waals surface area contributed by atoms with E-state index in [1.807, 2.05) is 36.3 Å². The number of aromatic nitrogens is 2. The molecule has 1 aromatic carbocycles. The lowest BCUT2D eigenvalue weighted by Crippen LogP contribution is -2.41. The molecule has 0 saturated heterocycles. The number of rotatable bonds is 6. The number of hydrogen-bond acceptors (Lipinski definition) is 3. The summed E-state index contributed by atoms with van der Waals surface area (Å²) in [6.45, 7) is 3.91. The minimum absolute atomic E-state index is 0.451. The third-order valence-corrected chi connectivity index (χ3v) is 5.10. The first kappa shape index (κ1) is 19.4. The molecule has 0 bridgehead atoms. The van der Waals surface area contributed by atoms with Gasteiger partial charge in [0.1, 0.15) is 5.82 Å². The first-order chi connectivity index (χ1) is 13.1. The second-order valence-electron chi connectivity index (χ2n) is 7.42. The Morgan fingerprint density at radius 1 is 1.26 bits per heavy atom. The lowest BCUT2D eigenvalue weighted by atomic mass is 9.85. The number of H-pyrrole nitrogens is 1. The van der Waals surface area contributed by atoms with Crippen LogP contribution in [0.4, 0.5) is 0 Å². The molecule has 146 valence electrons. The number of imidazole rings is 1. The van der Waals surface area contributed by atoms with E-state index in [2.05, 4.69) is 34.3 Å². The number of guanidine groups is 1. The van der Waals surface area contributed by atoms with Gasteiger partial charge >= 0.3 is 0 Å². The van der Waals surface area contributed by atoms with E-state index in [-0.39, 0.29) is 0 Å². The van der Waals surface area contributed by atoms with Crippen LogP contribution in [0.25, 0.3) is 11.3 Å². The molecule has 0 amide bonds. The molecule has 6 heteroatoms. The molecule has 0 unspecified atom stereocenters. The highest BCUT2D eigenvalue weighted by Gasteiger charge is 2.29. The van der Waals surface area contributed by atoms with Crippen LogP contribution in [0.1, 0.15) is 44.9 Å². The summed E-state index contributed by atoms with van der Waals surface area (Å²) in [5.74, 6) is 1.69. The SMILES string of the molecule is CCNC(=NCC1(O)CCCCC1)N(C)Cc1ncc(-c2ccccc2)[nH]1. The van der Waals surface area contributed by atoms with Crippen molar-refractivity contribution >= 4 is 5.96 Å². The Balaban J connectivity index is 1.65. The van der Waals surface area contributed by atoms with Crippen molar-refractivity contribution in [1.29, 1.82) is 0 Å². The predicted molar refractivity (Wildman–Crippen MR) is 110 cm³/mol. The van der Waals surface area contributed by atoms with Crippen LogP contribution in [0.2, 0.25) is 0 Å². The highest BCUT2D eigenvalue weighted by molar-refractivity contribution is 5.79. The van der Waals surface area contributed by atoms with E-state index >= 15 is 0 Å². The molecule has 1 heterocycles. The zero-order valence-electron chi connectivity index (χ0n) is 16.4. The number of nitrogens with one attached hydrogen (secondary N) is 2. The zero-order valence-corrected chi connectivity index (χ0v) is 16.4. The Kier molecular flexibility index (Phi) is 6.50. The molecule has 2 aromatic rings. The van der Waals surface area contributed by atoms with Crippen molar-refractivity contribution in [2.45, 2.75) is 51.2 Å². The topological polar surface area (TPSA) is 76.5 Å². The fraction of sp³-hybridized carbons (Fsp3) is 0.524. The van der Waals surface area contributed by atoms with Gasteiger partial charge in [-0.3, -0.25) is 4.99 Å². The van der Waals surface area contributed by atoms with Gasteiger partial charge in [0.15, 0.2) is 5.96 Å². The first-order valence-electron chi connectivity index (χ1n) is 9.91. The van der Waals surface area contributed by atoms with E-state index in [0.717, 1.165) is 55.3 Å². The highest BCUT2D eigenvalue weighted by Crippen LogP contribution is 2.28. The van der Waals surface area contributed by atoms with Crippen LogP contribution < -0.4 is 5.32 Å². The number of hydrogen-bond donors (Lipinski definition) is 3. The van der Waals surface area contributed by atoms with E-state index in [4.69, 9.17) is 4.99 Å². The molecule has 6 nitrogen and oxygen atoms in total. The van der Waals surface area contributed by atoms with Crippen molar-refractivity contribution in [3.05, 3.63) is 42.4 Å². The summed E-state index contributed by atoms with van der Waals surface area (Å²) in [7, 11) is 2.00. The lowest BCUT2D eigenvalue weighted by Gasteiger charge is -2.31. The minimum Gasteiger partial charge on any atom is -0.388 e. The Morgan fingerprint density at radius 2 is 2.00 bits per heavy atom. The molecule has 1 aliphatic carbocycles. The molecular formula is C21H31N5O. The number of aromatic amines is 1. The van der Waals surface area contributed by atoms with Crippen LogP contribution in [-0.2, 0) is 6.54 Å². The van der Waals surface area contributed by atoms with Gasteiger partial charge in [-0.2, -0.15) is 0 Å². The smallest absolute Gasteiger partial charge is 0.194 e. The quantitative estimate of drug-likeness (QED) is 0.540. The first-order valence-corrected chi connectivity index (χ1v) is 9.91. The van der Waals surface area contributed by atoms with E-state index in [1.165, 1.54) is 6.42 Å². The zero-order chi connectivity index (χ0) is 19.1. The largest absolute Gasteiger partial charge is 0.388 e. The monoisotopic (exact) mass is 369 g/mol. The normalized spacial score (nSPS) is 16.9. The third-order valence-electron chi connectivity index (χ3n) is 5.10. The van der Waals surface area contributed by atoms with Crippen molar-refractivity contribution in [2.75, 3.05) is 20.1 Å². The fourth-order valence-corrected chi connectivity index (χ4v) is 3.57. The van der Waals surface area contributed by atoms with Crippen LogP contribution >= 0.6 is 0 Å². The summed E-state index contributed by atoms with van der Waals surface area (Å²) in [4.78, 5) is 14.6. The van der Waals surface area contributed by atoms with Crippen molar-refractivity contribution < 1.29 is 5.11 Å². The summed E-state index contributed by atoms with van der Waals surface area (Å²) in [5, 5.41) is 14.0. The maximum atomic E-state index is 10.7. The Hall–Kier alpha value is -2.34. The Morgan fingerprint density at radius 3 is 2.70 bits per heavy atom. The Labute approximate surface area is 161 Å². The van der Waals surface area contributed by atoms with Gasteiger partial charge in [0.25, 0.3) is 0 Å². The number of nitrogens with zero attached hydrogens (tertiary/aromatic N) is 3. The molecule has 1 saturated carbocycles. The molecule has 0 aliphatic heterocycles. The van der Waals surface area contributed by atoms with Crippen molar-refractivity contribution in [2.24, 2.45) is 4.99 Å². The molecule has 0 radical (unpaired) electrons. The molecule has 3 rings (SSSR count). The second kappa shape index (κ2) is 9.04. The molecular weight excluding hydrogens is 338 g/mol. The van der Waals surface area contributed by atoms with Crippen LogP contribution in [0.15, 0.2) is 41.5 Å². The number of aliphatic imine (C=N–C) groups is 1. The number of benzene rings is 1. The lowest BCUT2D eigenvalue weighted by molar-refractivity contribution is 0.0130. The minimum atomic E-state index is -0.648. The van der Waals surface area contributed by atoms with Gasteiger partial charge in [-0.05, 0) is 25.3 Å². The molecule has 1 aliphatic rings. The molecule has 3 N–H and O–H groups in total. The van der Waals surface area contributed by atoms with Gasteiger partial charge in [-0.1, -0.05) is 49.6 Å². The third kappa shape index (κ3) is 5.32. The van der Waals surface area contributed by atoms with E-state index in [1.54, 1.807) is 0 Å². The summed E-state index contributed by atoms with van der Waals surface area (Å²) in [5.41, 5.74) is 1.49. The fourth-order valence-electron chi connectivity index (χ4n) is 3.57. The summed E-state index contributed by atoms with van der Waals surface area (Å²) in [6.07, 6.45) is 6.96. The molecule has 0 atom stereocenters. The van der Waals surface area contributed by atoms with Crippen molar-refractivity contribution in [3.8, 4) is 11.3 Å². The van der Waals surface area contributed by atoms with Crippen LogP contribution in [0.3, 0.4) is 0 Å². The maximum absolute atomic E-state index is 10.7. The molecule has 1 aromatic heterocycles. The maximum Gasteiger partial charge on any atom is 0.194 e. The number of aliphatic hydroxyl groups is 1. The van der Waals surface area contributed by atoms with E-state index in [0.29, 0.717) is 13.1 Å². The van der Waals surface area contributed by atoms with Crippen LogP contribution in [0, 0.1) is 0 Å². The summed E-state index contributed by atoms with van der Waals surface area (Å²) < 4.78 is 0. The highest BCUT2D eigenvalue weighted by atomic mass is 16.3. The van der Waals surface area contributed by atoms with Crippen LogP contribution in [0.5, 0.6) is 0 Å². The molecule has 1 fully saturated rings. The van der Waals surface area contributed by atoms with Gasteiger partial charge in [-0.15, -0.1) is 0 Å². The molecule has 27 heavy (non-hydrogen) atoms. The Bertz CT molecular complexity index is 734. The van der Waals surface area contributed by atoms with Crippen LogP contribution in [-0.4, -0.2) is 51.7 Å². The van der Waals surface area contributed by atoms with Gasteiger partial charge in [0.05, 0.1) is 30.6 Å². The van der Waals surface area contributed by atoms with Gasteiger partial charge < -0.3 is 20.3 Å². The summed E-state index contributed by atoms with van der Waals surface area (Å²) in [6, 6.07) is 10.2. The average molecular weight is 370 g/mol. The van der Waals surface area contributed by atoms with Crippen molar-refractivity contribution in [3.63, 3.8) is 0 Å². The standard InChI is InChI=1S/C21H31N5O/c1-3-22-20(24-16-21(27)12-8-5-9-13-21)26(2)15-19-23-14-18(25-19)17-10-6-4-7-11-17/h4,6-7,10-11,14,27H,3,5,8-9,12-13,15-16H2,1-2H3,(H,22,24)(H,23,25). The predicted octanol–water partition coefficient (Wildman–Crippen LogP) is 3.17.